The van der Waals surface area contributed by atoms with Gasteiger partial charge in [-0.25, -0.2) is 18.1 Å². The van der Waals surface area contributed by atoms with Gasteiger partial charge in [0.15, 0.2) is 0 Å². The fourth-order valence-corrected chi connectivity index (χ4v) is 3.26. The van der Waals surface area contributed by atoms with Crippen LogP contribution in [-0.2, 0) is 16.6 Å². The van der Waals surface area contributed by atoms with E-state index in [2.05, 4.69) is 14.8 Å². The standard InChI is InChI=1S/C16H16N4O3S/c1-23-15-3-2-4-16(9-15)24(21,22)19-14-7-5-13(6-8-14)10-20-12-17-11-18-20/h2-9,11-12,19H,10H2,1H3. The van der Waals surface area contributed by atoms with Crippen LogP contribution < -0.4 is 9.46 Å². The maximum Gasteiger partial charge on any atom is 0.262 e. The van der Waals surface area contributed by atoms with Gasteiger partial charge in [-0.15, -0.1) is 0 Å². The Bertz CT molecular complexity index is 907. The first-order valence-electron chi connectivity index (χ1n) is 7.15. The van der Waals surface area contributed by atoms with Crippen LogP contribution in [0.4, 0.5) is 5.69 Å². The first-order valence-corrected chi connectivity index (χ1v) is 8.63. The van der Waals surface area contributed by atoms with E-state index in [0.717, 1.165) is 5.56 Å². The minimum Gasteiger partial charge on any atom is -0.497 e. The van der Waals surface area contributed by atoms with Crippen molar-refractivity contribution in [1.82, 2.24) is 14.8 Å². The smallest absolute Gasteiger partial charge is 0.262 e. The van der Waals surface area contributed by atoms with E-state index in [1.165, 1.54) is 25.6 Å². The molecule has 0 unspecified atom stereocenters. The lowest BCUT2D eigenvalue weighted by molar-refractivity contribution is 0.413. The van der Waals surface area contributed by atoms with Gasteiger partial charge in [-0.05, 0) is 29.8 Å². The van der Waals surface area contributed by atoms with E-state index in [1.54, 1.807) is 35.3 Å². The molecule has 3 aromatic rings. The van der Waals surface area contributed by atoms with Crippen molar-refractivity contribution in [2.24, 2.45) is 0 Å². The molecule has 0 amide bonds. The van der Waals surface area contributed by atoms with E-state index in [4.69, 9.17) is 4.74 Å². The van der Waals surface area contributed by atoms with Gasteiger partial charge in [0.1, 0.15) is 18.4 Å². The van der Waals surface area contributed by atoms with E-state index in [1.807, 2.05) is 12.1 Å². The number of rotatable bonds is 6. The predicted octanol–water partition coefficient (Wildman–Crippen LogP) is 2.14. The summed E-state index contributed by atoms with van der Waals surface area (Å²) < 4.78 is 34.1. The molecule has 1 N–H and O–H groups in total. The minimum absolute atomic E-state index is 0.147. The second-order valence-electron chi connectivity index (χ2n) is 5.07. The van der Waals surface area contributed by atoms with Crippen LogP contribution in [0.25, 0.3) is 0 Å². The summed E-state index contributed by atoms with van der Waals surface area (Å²) >= 11 is 0. The SMILES string of the molecule is COc1cccc(S(=O)(=O)Nc2ccc(Cn3cncn3)cc2)c1. The van der Waals surface area contributed by atoms with Crippen LogP contribution in [-0.4, -0.2) is 30.3 Å². The van der Waals surface area contributed by atoms with Crippen LogP contribution in [0, 0.1) is 0 Å². The van der Waals surface area contributed by atoms with Crippen molar-refractivity contribution < 1.29 is 13.2 Å². The van der Waals surface area contributed by atoms with Gasteiger partial charge in [-0.1, -0.05) is 18.2 Å². The number of benzene rings is 2. The van der Waals surface area contributed by atoms with Gasteiger partial charge >= 0.3 is 0 Å². The number of nitrogens with one attached hydrogen (secondary N) is 1. The summed E-state index contributed by atoms with van der Waals surface area (Å²) in [5.74, 6) is 0.487. The van der Waals surface area contributed by atoms with Gasteiger partial charge in [0.05, 0.1) is 18.6 Å². The molecule has 0 fully saturated rings. The lowest BCUT2D eigenvalue weighted by Crippen LogP contribution is -2.13. The quantitative estimate of drug-likeness (QED) is 0.740. The average molecular weight is 344 g/mol. The molecule has 0 spiro atoms. The van der Waals surface area contributed by atoms with Crippen molar-refractivity contribution in [3.63, 3.8) is 0 Å². The highest BCUT2D eigenvalue weighted by Crippen LogP contribution is 2.20. The Hall–Kier alpha value is -2.87. The van der Waals surface area contributed by atoms with E-state index < -0.39 is 10.0 Å². The first-order chi connectivity index (χ1) is 11.6. The molecule has 0 atom stereocenters. The molecule has 24 heavy (non-hydrogen) atoms. The molecule has 0 aliphatic heterocycles. The van der Waals surface area contributed by atoms with Crippen LogP contribution in [0.5, 0.6) is 5.75 Å². The summed E-state index contributed by atoms with van der Waals surface area (Å²) in [7, 11) is -2.17. The molecule has 0 aliphatic carbocycles. The maximum atomic E-state index is 12.4. The highest BCUT2D eigenvalue weighted by atomic mass is 32.2. The Labute approximate surface area is 140 Å². The lowest BCUT2D eigenvalue weighted by atomic mass is 10.2. The topological polar surface area (TPSA) is 86.1 Å². The molecule has 8 heteroatoms. The van der Waals surface area contributed by atoms with Gasteiger partial charge in [-0.2, -0.15) is 5.10 Å². The van der Waals surface area contributed by atoms with Gasteiger partial charge < -0.3 is 4.74 Å². The van der Waals surface area contributed by atoms with E-state index in [-0.39, 0.29) is 4.90 Å². The number of methoxy groups -OCH3 is 1. The second kappa shape index (κ2) is 6.71. The van der Waals surface area contributed by atoms with Crippen molar-refractivity contribution >= 4 is 15.7 Å². The zero-order valence-corrected chi connectivity index (χ0v) is 13.8. The molecule has 1 heterocycles. The van der Waals surface area contributed by atoms with Gasteiger partial charge in [0.25, 0.3) is 10.0 Å². The van der Waals surface area contributed by atoms with Crippen molar-refractivity contribution in [3.8, 4) is 5.75 Å². The molecule has 3 rings (SSSR count). The molecule has 2 aromatic carbocycles. The Morgan fingerprint density at radius 2 is 1.96 bits per heavy atom. The number of hydrogen-bond donors (Lipinski definition) is 1. The molecule has 124 valence electrons. The van der Waals surface area contributed by atoms with E-state index in [9.17, 15) is 8.42 Å². The third kappa shape index (κ3) is 3.72. The third-order valence-corrected chi connectivity index (χ3v) is 4.75. The van der Waals surface area contributed by atoms with Gasteiger partial charge in [-0.3, -0.25) is 4.72 Å². The summed E-state index contributed by atoms with van der Waals surface area (Å²) in [6.07, 6.45) is 3.09. The second-order valence-corrected chi connectivity index (χ2v) is 6.76. The van der Waals surface area contributed by atoms with Crippen LogP contribution >= 0.6 is 0 Å². The Kier molecular flexibility index (Phi) is 4.48. The van der Waals surface area contributed by atoms with Crippen LogP contribution in [0.2, 0.25) is 0 Å². The third-order valence-electron chi connectivity index (χ3n) is 3.37. The molecule has 0 radical (unpaired) electrons. The minimum atomic E-state index is -3.67. The van der Waals surface area contributed by atoms with E-state index >= 15 is 0 Å². The van der Waals surface area contributed by atoms with Crippen molar-refractivity contribution in [1.29, 1.82) is 0 Å². The molecular weight excluding hydrogens is 328 g/mol. The predicted molar refractivity (Wildman–Crippen MR) is 89.4 cm³/mol. The first kappa shape index (κ1) is 16.0. The molecule has 0 bridgehead atoms. The van der Waals surface area contributed by atoms with Crippen molar-refractivity contribution in [3.05, 3.63) is 66.7 Å². The zero-order chi connectivity index (χ0) is 17.0. The monoisotopic (exact) mass is 344 g/mol. The Balaban J connectivity index is 1.75. The Morgan fingerprint density at radius 3 is 2.62 bits per heavy atom. The number of nitrogens with zero attached hydrogens (tertiary/aromatic N) is 3. The van der Waals surface area contributed by atoms with Crippen LogP contribution in [0.15, 0.2) is 66.1 Å². The summed E-state index contributed by atoms with van der Waals surface area (Å²) in [5, 5.41) is 4.03. The number of anilines is 1. The molecular formula is C16H16N4O3S. The molecule has 0 saturated heterocycles. The summed E-state index contributed by atoms with van der Waals surface area (Å²) in [6, 6.07) is 13.4. The number of hydrogen-bond acceptors (Lipinski definition) is 5. The Morgan fingerprint density at radius 1 is 1.17 bits per heavy atom. The molecule has 1 aromatic heterocycles. The molecule has 7 nitrogen and oxygen atoms in total. The normalized spacial score (nSPS) is 11.2. The van der Waals surface area contributed by atoms with Crippen molar-refractivity contribution in [2.75, 3.05) is 11.8 Å². The summed E-state index contributed by atoms with van der Waals surface area (Å²) in [5.41, 5.74) is 1.48. The highest BCUT2D eigenvalue weighted by molar-refractivity contribution is 7.92. The zero-order valence-electron chi connectivity index (χ0n) is 13.0. The van der Waals surface area contributed by atoms with E-state index in [0.29, 0.717) is 18.0 Å². The fourth-order valence-electron chi connectivity index (χ4n) is 2.16. The van der Waals surface area contributed by atoms with Crippen LogP contribution in [0.3, 0.4) is 0 Å². The average Bonchev–Trinajstić information content (AvgIpc) is 3.09. The number of sulfonamides is 1. The molecule has 0 aliphatic rings. The summed E-state index contributed by atoms with van der Waals surface area (Å²) in [4.78, 5) is 4.03. The van der Waals surface area contributed by atoms with Gasteiger partial charge in [0.2, 0.25) is 0 Å². The largest absolute Gasteiger partial charge is 0.497 e. The lowest BCUT2D eigenvalue weighted by Gasteiger charge is -2.10. The van der Waals surface area contributed by atoms with Crippen LogP contribution in [0.1, 0.15) is 5.56 Å². The fraction of sp³-hybridized carbons (Fsp3) is 0.125. The van der Waals surface area contributed by atoms with Gasteiger partial charge in [0, 0.05) is 11.8 Å². The highest BCUT2D eigenvalue weighted by Gasteiger charge is 2.14. The number of aromatic nitrogens is 3. The summed E-state index contributed by atoms with van der Waals surface area (Å²) in [6.45, 7) is 0.572. The maximum absolute atomic E-state index is 12.4. The molecule has 0 saturated carbocycles. The van der Waals surface area contributed by atoms with Crippen molar-refractivity contribution in [2.45, 2.75) is 11.4 Å². The number of ether oxygens (including phenoxy) is 1.